The molecule has 3 heterocycles. The maximum atomic E-state index is 11.4. The molecule has 0 radical (unpaired) electrons. The van der Waals surface area contributed by atoms with Crippen LogP contribution in [0.15, 0.2) is 12.1 Å². The van der Waals surface area contributed by atoms with E-state index in [1.54, 1.807) is 12.1 Å². The van der Waals surface area contributed by atoms with Gasteiger partial charge in [-0.05, 0) is 12.1 Å². The van der Waals surface area contributed by atoms with Gasteiger partial charge in [0.05, 0.1) is 10.0 Å². The minimum absolute atomic E-state index is 0.00415. The lowest BCUT2D eigenvalue weighted by Gasteiger charge is -2.15. The van der Waals surface area contributed by atoms with Gasteiger partial charge >= 0.3 is 0 Å². The molecule has 0 aliphatic carbocycles. The number of nitrogens with zero attached hydrogens (tertiary/aromatic N) is 3. The smallest absolute Gasteiger partial charge is 0.220 e. The monoisotopic (exact) mass is 352 g/mol. The molecule has 23 heavy (non-hydrogen) atoms. The first kappa shape index (κ1) is 14.8. The third-order valence-corrected chi connectivity index (χ3v) is 5.37. The van der Waals surface area contributed by atoms with E-state index in [1.165, 1.54) is 0 Å². The topological polar surface area (TPSA) is 80.0 Å². The number of amides is 1. The molecule has 1 aromatic carbocycles. The number of carbonyl (C=O) groups is 1. The van der Waals surface area contributed by atoms with E-state index < -0.39 is 0 Å². The SMILES string of the molecule is O=C1C[C@@H](c2nnc3n2C[C@H](c2c(O)ccc(Cl)c2Cl)C3)CN1. The number of hydrogen-bond donors (Lipinski definition) is 2. The Balaban J connectivity index is 1.66. The molecule has 6 nitrogen and oxygen atoms in total. The fourth-order valence-corrected chi connectivity index (χ4v) is 3.91. The Kier molecular flexibility index (Phi) is 3.46. The van der Waals surface area contributed by atoms with E-state index in [4.69, 9.17) is 23.2 Å². The fraction of sp³-hybridized carbons (Fsp3) is 0.400. The number of hydrogen-bond acceptors (Lipinski definition) is 4. The molecule has 2 aliphatic heterocycles. The molecule has 120 valence electrons. The van der Waals surface area contributed by atoms with E-state index in [0.29, 0.717) is 41.5 Å². The molecule has 1 amide bonds. The summed E-state index contributed by atoms with van der Waals surface area (Å²) in [7, 11) is 0. The number of aromatic nitrogens is 3. The number of fused-ring (bicyclic) bond motifs is 1. The summed E-state index contributed by atoms with van der Waals surface area (Å²) < 4.78 is 2.03. The van der Waals surface area contributed by atoms with Gasteiger partial charge in [-0.15, -0.1) is 10.2 Å². The summed E-state index contributed by atoms with van der Waals surface area (Å²) >= 11 is 12.4. The van der Waals surface area contributed by atoms with Crippen LogP contribution in [0.3, 0.4) is 0 Å². The average Bonchev–Trinajstić information content (AvgIpc) is 3.19. The van der Waals surface area contributed by atoms with Gasteiger partial charge in [0.25, 0.3) is 0 Å². The summed E-state index contributed by atoms with van der Waals surface area (Å²) in [5, 5.41) is 22.3. The minimum atomic E-state index is -0.00415. The van der Waals surface area contributed by atoms with Crippen molar-refractivity contribution in [1.29, 1.82) is 0 Å². The van der Waals surface area contributed by atoms with Crippen LogP contribution < -0.4 is 5.32 Å². The molecule has 2 aliphatic rings. The molecule has 0 spiro atoms. The molecule has 1 fully saturated rings. The van der Waals surface area contributed by atoms with E-state index >= 15 is 0 Å². The van der Waals surface area contributed by atoms with E-state index in [-0.39, 0.29) is 23.5 Å². The molecular weight excluding hydrogens is 339 g/mol. The molecule has 8 heteroatoms. The number of aromatic hydroxyl groups is 1. The zero-order chi connectivity index (χ0) is 16.1. The standard InChI is InChI=1S/C15H14Cl2N4O2/c16-9-1-2-10(22)13(14(9)17)8-3-11-19-20-15(21(11)6-8)7-4-12(23)18-5-7/h1-2,7-8,22H,3-6H2,(H,18,23)/t7-,8-/m1/s1. The van der Waals surface area contributed by atoms with Crippen molar-refractivity contribution >= 4 is 29.1 Å². The van der Waals surface area contributed by atoms with E-state index in [2.05, 4.69) is 15.5 Å². The Hall–Kier alpha value is -1.79. The molecule has 2 aromatic rings. The molecule has 0 unspecified atom stereocenters. The van der Waals surface area contributed by atoms with Gasteiger partial charge in [0.2, 0.25) is 5.91 Å². The lowest BCUT2D eigenvalue weighted by atomic mass is 9.96. The number of halogens is 2. The van der Waals surface area contributed by atoms with Gasteiger partial charge in [-0.25, -0.2) is 0 Å². The first-order chi connectivity index (χ1) is 11.0. The molecule has 1 aromatic heterocycles. The second-order valence-corrected chi connectivity index (χ2v) is 6.77. The number of carbonyl (C=O) groups excluding carboxylic acids is 1. The number of rotatable bonds is 2. The lowest BCUT2D eigenvalue weighted by molar-refractivity contribution is -0.119. The first-order valence-corrected chi connectivity index (χ1v) is 8.15. The third kappa shape index (κ3) is 2.37. The second-order valence-electron chi connectivity index (χ2n) is 5.99. The Morgan fingerprint density at radius 1 is 1.22 bits per heavy atom. The highest BCUT2D eigenvalue weighted by molar-refractivity contribution is 6.42. The van der Waals surface area contributed by atoms with Gasteiger partial charge < -0.3 is 15.0 Å². The number of benzene rings is 1. The van der Waals surface area contributed by atoms with Crippen LogP contribution in [-0.4, -0.2) is 32.3 Å². The number of phenols is 1. The van der Waals surface area contributed by atoms with Crippen LogP contribution in [0.1, 0.15) is 35.5 Å². The predicted octanol–water partition coefficient (Wildman–Crippen LogP) is 2.23. The van der Waals surface area contributed by atoms with Gasteiger partial charge in [-0.2, -0.15) is 0 Å². The molecule has 4 rings (SSSR count). The highest BCUT2D eigenvalue weighted by Gasteiger charge is 2.35. The van der Waals surface area contributed by atoms with E-state index in [0.717, 1.165) is 11.6 Å². The van der Waals surface area contributed by atoms with Crippen LogP contribution >= 0.6 is 23.2 Å². The summed E-state index contributed by atoms with van der Waals surface area (Å²) in [6.07, 6.45) is 1.07. The van der Waals surface area contributed by atoms with Crippen LogP contribution in [0, 0.1) is 0 Å². The summed E-state index contributed by atoms with van der Waals surface area (Å²) in [5.74, 6) is 1.89. The quantitative estimate of drug-likeness (QED) is 0.868. The first-order valence-electron chi connectivity index (χ1n) is 7.40. The van der Waals surface area contributed by atoms with Crippen molar-refractivity contribution in [3.05, 3.63) is 39.4 Å². The number of phenolic OH excluding ortho intramolecular Hbond substituents is 1. The van der Waals surface area contributed by atoms with Gasteiger partial charge in [0.15, 0.2) is 0 Å². The van der Waals surface area contributed by atoms with E-state index in [1.807, 2.05) is 4.57 Å². The summed E-state index contributed by atoms with van der Waals surface area (Å²) in [4.78, 5) is 11.4. The third-order valence-electron chi connectivity index (χ3n) is 4.55. The molecule has 1 saturated heterocycles. The van der Waals surface area contributed by atoms with Crippen LogP contribution in [0.25, 0.3) is 0 Å². The molecule has 0 bridgehead atoms. The van der Waals surface area contributed by atoms with Crippen LogP contribution in [-0.2, 0) is 17.8 Å². The van der Waals surface area contributed by atoms with Crippen LogP contribution in [0.5, 0.6) is 5.75 Å². The average molecular weight is 353 g/mol. The van der Waals surface area contributed by atoms with Gasteiger partial charge in [-0.1, -0.05) is 23.2 Å². The Labute approximate surface area is 142 Å². The Morgan fingerprint density at radius 2 is 2.04 bits per heavy atom. The Morgan fingerprint density at radius 3 is 2.78 bits per heavy atom. The van der Waals surface area contributed by atoms with Crippen molar-refractivity contribution < 1.29 is 9.90 Å². The maximum Gasteiger partial charge on any atom is 0.220 e. The molecular formula is C15H14Cl2N4O2. The molecule has 2 N–H and O–H groups in total. The predicted molar refractivity (Wildman–Crippen MR) is 85.0 cm³/mol. The molecule has 2 atom stereocenters. The van der Waals surface area contributed by atoms with Crippen LogP contribution in [0.2, 0.25) is 10.0 Å². The molecule has 0 saturated carbocycles. The summed E-state index contributed by atoms with van der Waals surface area (Å²) in [6.45, 7) is 1.21. The summed E-state index contributed by atoms with van der Waals surface area (Å²) in [5.41, 5.74) is 0.649. The Bertz CT molecular complexity index is 805. The van der Waals surface area contributed by atoms with Crippen molar-refractivity contribution in [2.24, 2.45) is 0 Å². The van der Waals surface area contributed by atoms with Crippen LogP contribution in [0.4, 0.5) is 0 Å². The maximum absolute atomic E-state index is 11.4. The zero-order valence-corrected chi connectivity index (χ0v) is 13.6. The zero-order valence-electron chi connectivity index (χ0n) is 12.1. The van der Waals surface area contributed by atoms with Crippen molar-refractivity contribution in [1.82, 2.24) is 20.1 Å². The summed E-state index contributed by atoms with van der Waals surface area (Å²) in [6, 6.07) is 3.14. The number of nitrogens with one attached hydrogen (secondary N) is 1. The van der Waals surface area contributed by atoms with Gasteiger partial charge in [-0.3, -0.25) is 4.79 Å². The fourth-order valence-electron chi connectivity index (χ4n) is 3.43. The van der Waals surface area contributed by atoms with Crippen molar-refractivity contribution in [2.45, 2.75) is 31.2 Å². The van der Waals surface area contributed by atoms with Gasteiger partial charge in [0, 0.05) is 43.3 Å². The van der Waals surface area contributed by atoms with E-state index in [9.17, 15) is 9.90 Å². The van der Waals surface area contributed by atoms with Crippen molar-refractivity contribution in [3.63, 3.8) is 0 Å². The minimum Gasteiger partial charge on any atom is -0.508 e. The second kappa shape index (κ2) is 5.39. The normalized spacial score (nSPS) is 23.1. The highest BCUT2D eigenvalue weighted by Crippen LogP contribution is 2.42. The van der Waals surface area contributed by atoms with Crippen molar-refractivity contribution in [2.75, 3.05) is 6.54 Å². The highest BCUT2D eigenvalue weighted by atomic mass is 35.5. The lowest BCUT2D eigenvalue weighted by Crippen LogP contribution is -2.15. The largest absolute Gasteiger partial charge is 0.508 e. The van der Waals surface area contributed by atoms with Crippen molar-refractivity contribution in [3.8, 4) is 5.75 Å². The van der Waals surface area contributed by atoms with Gasteiger partial charge in [0.1, 0.15) is 17.4 Å².